The molecule has 0 aliphatic carbocycles. The van der Waals surface area contributed by atoms with Crippen LogP contribution >= 0.6 is 0 Å². The maximum absolute atomic E-state index is 10.8. The first kappa shape index (κ1) is 11.1. The van der Waals surface area contributed by atoms with Crippen molar-refractivity contribution in [3.8, 4) is 0 Å². The van der Waals surface area contributed by atoms with Crippen molar-refractivity contribution in [2.24, 2.45) is 0 Å². The van der Waals surface area contributed by atoms with Gasteiger partial charge in [-0.3, -0.25) is 10.1 Å². The molecule has 0 spiro atoms. The summed E-state index contributed by atoms with van der Waals surface area (Å²) in [4.78, 5) is 10.5. The van der Waals surface area contributed by atoms with Crippen LogP contribution in [0.1, 0.15) is 20.3 Å². The Morgan fingerprint density at radius 3 is 2.50 bits per heavy atom. The van der Waals surface area contributed by atoms with Crippen LogP contribution in [0.2, 0.25) is 0 Å². The molecular formula is C9H15NO4. The van der Waals surface area contributed by atoms with Crippen LogP contribution in [0.5, 0.6) is 0 Å². The topological polar surface area (TPSA) is 61.6 Å². The lowest BCUT2D eigenvalue weighted by molar-refractivity contribution is -0.590. The van der Waals surface area contributed by atoms with Crippen LogP contribution in [0.25, 0.3) is 0 Å². The molecule has 0 bridgehead atoms. The summed E-state index contributed by atoms with van der Waals surface area (Å²) in [5.74, 6) is 0. The Morgan fingerprint density at radius 2 is 2.14 bits per heavy atom. The Hall–Kier alpha value is -0.940. The second kappa shape index (κ2) is 4.52. The Bertz CT molecular complexity index is 231. The molecule has 0 aromatic rings. The van der Waals surface area contributed by atoms with Crippen molar-refractivity contribution in [3.05, 3.63) is 22.3 Å². The minimum Gasteiger partial charge on any atom is -0.341 e. The molecule has 80 valence electrons. The van der Waals surface area contributed by atoms with Crippen LogP contribution in [0, 0.1) is 10.1 Å². The molecule has 0 atom stereocenters. The third-order valence-electron chi connectivity index (χ3n) is 2.43. The number of rotatable bonds is 3. The van der Waals surface area contributed by atoms with E-state index in [1.54, 1.807) is 19.1 Å². The lowest BCUT2D eigenvalue weighted by Crippen LogP contribution is -2.52. The van der Waals surface area contributed by atoms with E-state index in [-0.39, 0.29) is 18.1 Å². The SMILES string of the molecule is C/C=C\C1OCC(CC)([N+](=O)[O-])CO1. The van der Waals surface area contributed by atoms with Gasteiger partial charge in [0.25, 0.3) is 5.54 Å². The van der Waals surface area contributed by atoms with Crippen molar-refractivity contribution in [3.63, 3.8) is 0 Å². The molecule has 1 saturated heterocycles. The molecule has 0 saturated carbocycles. The van der Waals surface area contributed by atoms with Gasteiger partial charge in [0.2, 0.25) is 0 Å². The van der Waals surface area contributed by atoms with Gasteiger partial charge in [0.15, 0.2) is 6.29 Å². The summed E-state index contributed by atoms with van der Waals surface area (Å²) < 4.78 is 10.5. The molecule has 1 aliphatic rings. The van der Waals surface area contributed by atoms with Crippen LogP contribution < -0.4 is 0 Å². The Balaban J connectivity index is 2.59. The third-order valence-corrected chi connectivity index (χ3v) is 2.43. The van der Waals surface area contributed by atoms with Crippen molar-refractivity contribution in [2.45, 2.75) is 32.1 Å². The molecule has 14 heavy (non-hydrogen) atoms. The lowest BCUT2D eigenvalue weighted by atomic mass is 9.99. The van der Waals surface area contributed by atoms with E-state index in [9.17, 15) is 10.1 Å². The minimum absolute atomic E-state index is 0.117. The summed E-state index contributed by atoms with van der Waals surface area (Å²) in [5.41, 5.74) is -1.06. The largest absolute Gasteiger partial charge is 0.341 e. The monoisotopic (exact) mass is 201 g/mol. The first-order chi connectivity index (χ1) is 6.64. The summed E-state index contributed by atoms with van der Waals surface area (Å²) in [5, 5.41) is 10.8. The highest BCUT2D eigenvalue weighted by molar-refractivity contribution is 4.88. The quantitative estimate of drug-likeness (QED) is 0.393. The van der Waals surface area contributed by atoms with Crippen molar-refractivity contribution < 1.29 is 14.4 Å². The lowest BCUT2D eigenvalue weighted by Gasteiger charge is -2.31. The van der Waals surface area contributed by atoms with Crippen LogP contribution in [-0.4, -0.2) is 30.0 Å². The highest BCUT2D eigenvalue weighted by Gasteiger charge is 2.45. The Morgan fingerprint density at radius 1 is 1.57 bits per heavy atom. The van der Waals surface area contributed by atoms with Crippen molar-refractivity contribution in [1.82, 2.24) is 0 Å². The zero-order valence-corrected chi connectivity index (χ0v) is 8.43. The number of ether oxygens (including phenoxy) is 2. The van der Waals surface area contributed by atoms with Gasteiger partial charge < -0.3 is 9.47 Å². The van der Waals surface area contributed by atoms with Gasteiger partial charge in [0, 0.05) is 11.3 Å². The summed E-state index contributed by atoms with van der Waals surface area (Å²) in [7, 11) is 0. The smallest absolute Gasteiger partial charge is 0.267 e. The number of hydrogen-bond donors (Lipinski definition) is 0. The molecule has 5 nitrogen and oxygen atoms in total. The second-order valence-corrected chi connectivity index (χ2v) is 3.35. The van der Waals surface area contributed by atoms with Crippen LogP contribution in [0.4, 0.5) is 0 Å². The summed E-state index contributed by atoms with van der Waals surface area (Å²) in [6, 6.07) is 0. The molecule has 0 amide bonds. The van der Waals surface area contributed by atoms with E-state index >= 15 is 0 Å². The summed E-state index contributed by atoms with van der Waals surface area (Å²) in [6.07, 6.45) is 3.53. The Labute approximate surface area is 82.8 Å². The molecule has 0 aromatic heterocycles. The normalized spacial score (nSPS) is 33.4. The van der Waals surface area contributed by atoms with Gasteiger partial charge >= 0.3 is 0 Å². The van der Waals surface area contributed by atoms with E-state index < -0.39 is 11.8 Å². The fourth-order valence-electron chi connectivity index (χ4n) is 1.27. The molecular weight excluding hydrogens is 186 g/mol. The number of hydrogen-bond acceptors (Lipinski definition) is 4. The first-order valence-corrected chi connectivity index (χ1v) is 4.65. The molecule has 1 heterocycles. The van der Waals surface area contributed by atoms with Gasteiger partial charge in [-0.1, -0.05) is 13.0 Å². The van der Waals surface area contributed by atoms with Gasteiger partial charge in [-0.15, -0.1) is 0 Å². The zero-order chi connectivity index (χ0) is 10.6. The van der Waals surface area contributed by atoms with Gasteiger partial charge in [0.05, 0.1) is 0 Å². The highest BCUT2D eigenvalue weighted by Crippen LogP contribution is 2.22. The molecule has 1 fully saturated rings. The predicted molar refractivity (Wildman–Crippen MR) is 50.5 cm³/mol. The van der Waals surface area contributed by atoms with E-state index in [1.807, 2.05) is 6.92 Å². The van der Waals surface area contributed by atoms with Crippen molar-refractivity contribution in [1.29, 1.82) is 0 Å². The molecule has 1 rings (SSSR count). The zero-order valence-electron chi connectivity index (χ0n) is 8.43. The summed E-state index contributed by atoms with van der Waals surface area (Å²) >= 11 is 0. The third kappa shape index (κ3) is 2.10. The van der Waals surface area contributed by atoms with E-state index in [2.05, 4.69) is 0 Å². The highest BCUT2D eigenvalue weighted by atomic mass is 16.7. The number of nitrogens with zero attached hydrogens (tertiary/aromatic N) is 1. The van der Waals surface area contributed by atoms with Crippen molar-refractivity contribution >= 4 is 0 Å². The maximum atomic E-state index is 10.8. The van der Waals surface area contributed by atoms with Crippen LogP contribution in [-0.2, 0) is 9.47 Å². The van der Waals surface area contributed by atoms with Crippen LogP contribution in [0.15, 0.2) is 12.2 Å². The average Bonchev–Trinajstić information content (AvgIpc) is 2.19. The predicted octanol–water partition coefficient (Wildman–Crippen LogP) is 1.36. The van der Waals surface area contributed by atoms with Crippen molar-refractivity contribution in [2.75, 3.05) is 13.2 Å². The molecule has 0 unspecified atom stereocenters. The second-order valence-electron chi connectivity index (χ2n) is 3.35. The molecule has 1 aliphatic heterocycles. The van der Waals surface area contributed by atoms with Crippen LogP contribution in [0.3, 0.4) is 0 Å². The molecule has 0 radical (unpaired) electrons. The fraction of sp³-hybridized carbons (Fsp3) is 0.778. The molecule has 0 N–H and O–H groups in total. The fourth-order valence-corrected chi connectivity index (χ4v) is 1.27. The van der Waals surface area contributed by atoms with E-state index in [4.69, 9.17) is 9.47 Å². The first-order valence-electron chi connectivity index (χ1n) is 4.65. The van der Waals surface area contributed by atoms with E-state index in [1.165, 1.54) is 0 Å². The Kier molecular flexibility index (Phi) is 3.60. The maximum Gasteiger partial charge on any atom is 0.267 e. The minimum atomic E-state index is -1.06. The van der Waals surface area contributed by atoms with E-state index in [0.717, 1.165) is 0 Å². The number of nitro groups is 1. The molecule has 5 heteroatoms. The van der Waals surface area contributed by atoms with Gasteiger partial charge in [-0.25, -0.2) is 0 Å². The summed E-state index contributed by atoms with van der Waals surface area (Å²) in [6.45, 7) is 3.85. The standard InChI is InChI=1S/C9H15NO4/c1-3-5-8-13-6-9(4-2,7-14-8)10(11)12/h3,5,8H,4,6-7H2,1-2H3/b5-3-. The van der Waals surface area contributed by atoms with Gasteiger partial charge in [-0.2, -0.15) is 0 Å². The molecule has 0 aromatic carbocycles. The average molecular weight is 201 g/mol. The van der Waals surface area contributed by atoms with Gasteiger partial charge in [0.1, 0.15) is 13.2 Å². The number of allylic oxidation sites excluding steroid dienone is 1. The van der Waals surface area contributed by atoms with E-state index in [0.29, 0.717) is 6.42 Å². The van der Waals surface area contributed by atoms with Gasteiger partial charge in [-0.05, 0) is 13.0 Å².